The molecule has 0 aromatic heterocycles. The van der Waals surface area contributed by atoms with Gasteiger partial charge in [0, 0.05) is 0 Å². The third-order valence-electron chi connectivity index (χ3n) is 4.07. The molecule has 1 fully saturated rings. The van der Waals surface area contributed by atoms with E-state index >= 15 is 0 Å². The maximum absolute atomic E-state index is 9.26. The Balaban J connectivity index is 2.72. The second-order valence-corrected chi connectivity index (χ2v) is 5.50. The van der Waals surface area contributed by atoms with Gasteiger partial charge >= 0.3 is 0 Å². The molecule has 0 heterocycles. The molecule has 0 N–H and O–H groups in total. The van der Waals surface area contributed by atoms with Crippen LogP contribution in [0.15, 0.2) is 0 Å². The van der Waals surface area contributed by atoms with E-state index in [0.717, 1.165) is 18.3 Å². The van der Waals surface area contributed by atoms with Crippen molar-refractivity contribution >= 4 is 0 Å². The molecule has 1 heteroatoms. The molecule has 0 aromatic carbocycles. The van der Waals surface area contributed by atoms with Gasteiger partial charge in [-0.1, -0.05) is 20.8 Å². The van der Waals surface area contributed by atoms with E-state index in [2.05, 4.69) is 33.8 Å². The van der Waals surface area contributed by atoms with Crippen LogP contribution < -0.4 is 0 Å². The molecule has 1 aliphatic carbocycles. The van der Waals surface area contributed by atoms with Crippen molar-refractivity contribution in [1.82, 2.24) is 0 Å². The smallest absolute Gasteiger partial charge is 0.0689 e. The van der Waals surface area contributed by atoms with E-state index in [1.807, 2.05) is 0 Å². The fourth-order valence-corrected chi connectivity index (χ4v) is 2.93. The van der Waals surface area contributed by atoms with E-state index in [0.29, 0.717) is 5.92 Å². The van der Waals surface area contributed by atoms with E-state index in [1.54, 1.807) is 0 Å². The predicted octanol–water partition coefficient (Wildman–Crippen LogP) is 4.00. The van der Waals surface area contributed by atoms with Crippen molar-refractivity contribution in [2.75, 3.05) is 0 Å². The maximum Gasteiger partial charge on any atom is 0.0689 e. The average Bonchev–Trinajstić information content (AvgIpc) is 2.15. The molecular formula is C13H23N. The topological polar surface area (TPSA) is 23.8 Å². The van der Waals surface area contributed by atoms with E-state index in [1.165, 1.54) is 19.3 Å². The van der Waals surface area contributed by atoms with Crippen LogP contribution in [0, 0.1) is 34.5 Å². The van der Waals surface area contributed by atoms with Crippen molar-refractivity contribution in [2.24, 2.45) is 23.2 Å². The van der Waals surface area contributed by atoms with Gasteiger partial charge in [-0.3, -0.25) is 0 Å². The van der Waals surface area contributed by atoms with Crippen LogP contribution in [0.2, 0.25) is 0 Å². The van der Waals surface area contributed by atoms with Crippen molar-refractivity contribution in [1.29, 1.82) is 5.26 Å². The monoisotopic (exact) mass is 193 g/mol. The first-order valence-electron chi connectivity index (χ1n) is 5.93. The summed E-state index contributed by atoms with van der Waals surface area (Å²) in [6.45, 7) is 8.95. The molecular weight excluding hydrogens is 170 g/mol. The first kappa shape index (κ1) is 11.6. The molecule has 1 aliphatic rings. The zero-order valence-corrected chi connectivity index (χ0v) is 10.0. The summed E-state index contributed by atoms with van der Waals surface area (Å²) in [6.07, 6.45) is 4.85. The molecule has 0 spiro atoms. The minimum absolute atomic E-state index is 0.0804. The van der Waals surface area contributed by atoms with Crippen molar-refractivity contribution < 1.29 is 0 Å². The quantitative estimate of drug-likeness (QED) is 0.650. The lowest BCUT2D eigenvalue weighted by Gasteiger charge is -2.39. The zero-order valence-electron chi connectivity index (χ0n) is 10.0. The first-order chi connectivity index (χ1) is 6.51. The van der Waals surface area contributed by atoms with Crippen molar-refractivity contribution in [3.8, 4) is 6.07 Å². The number of hydrogen-bond acceptors (Lipinski definition) is 1. The highest BCUT2D eigenvalue weighted by atomic mass is 14.4. The van der Waals surface area contributed by atoms with E-state index in [4.69, 9.17) is 0 Å². The molecule has 0 aliphatic heterocycles. The predicted molar refractivity (Wildman–Crippen MR) is 59.7 cm³/mol. The number of hydrogen-bond donors (Lipinski definition) is 0. The minimum atomic E-state index is -0.0804. The van der Waals surface area contributed by atoms with Crippen LogP contribution in [0.4, 0.5) is 0 Å². The minimum Gasteiger partial charge on any atom is -0.198 e. The Morgan fingerprint density at radius 1 is 1.21 bits per heavy atom. The Morgan fingerprint density at radius 2 is 1.71 bits per heavy atom. The largest absolute Gasteiger partial charge is 0.198 e. The molecule has 1 rings (SSSR count). The lowest BCUT2D eigenvalue weighted by Crippen LogP contribution is -2.32. The van der Waals surface area contributed by atoms with Crippen LogP contribution >= 0.6 is 0 Å². The molecule has 1 nitrogen and oxygen atoms in total. The number of nitrogens with zero attached hydrogens (tertiary/aromatic N) is 1. The highest BCUT2D eigenvalue weighted by Gasteiger charge is 2.37. The van der Waals surface area contributed by atoms with Gasteiger partial charge in [-0.05, 0) is 50.4 Å². The second kappa shape index (κ2) is 4.34. The van der Waals surface area contributed by atoms with Gasteiger partial charge in [0.15, 0.2) is 0 Å². The van der Waals surface area contributed by atoms with Gasteiger partial charge in [0.25, 0.3) is 0 Å². The molecule has 3 unspecified atom stereocenters. The lowest BCUT2D eigenvalue weighted by atomic mass is 9.64. The highest BCUT2D eigenvalue weighted by molar-refractivity contribution is 5.01. The van der Waals surface area contributed by atoms with Crippen molar-refractivity contribution in [3.05, 3.63) is 0 Å². The van der Waals surface area contributed by atoms with Crippen molar-refractivity contribution in [2.45, 2.75) is 53.4 Å². The lowest BCUT2D eigenvalue weighted by molar-refractivity contribution is 0.124. The van der Waals surface area contributed by atoms with Gasteiger partial charge in [-0.25, -0.2) is 0 Å². The Bertz CT molecular complexity index is 218. The molecule has 80 valence electrons. The molecule has 0 amide bonds. The zero-order chi connectivity index (χ0) is 10.8. The molecule has 3 atom stereocenters. The standard InChI is InChI=1S/C13H23N/c1-5-13(4,9-14)12-7-10(2)6-11(3)8-12/h10-12H,5-8H2,1-4H3. The van der Waals surface area contributed by atoms with Crippen LogP contribution in [0.3, 0.4) is 0 Å². The van der Waals surface area contributed by atoms with Gasteiger partial charge in [-0.2, -0.15) is 5.26 Å². The Labute approximate surface area is 88.5 Å². The summed E-state index contributed by atoms with van der Waals surface area (Å²) in [5.41, 5.74) is -0.0804. The fraction of sp³-hybridized carbons (Fsp3) is 0.923. The van der Waals surface area contributed by atoms with E-state index in [9.17, 15) is 5.26 Å². The summed E-state index contributed by atoms with van der Waals surface area (Å²) in [6, 6.07) is 2.54. The highest BCUT2D eigenvalue weighted by Crippen LogP contribution is 2.44. The second-order valence-electron chi connectivity index (χ2n) is 5.50. The summed E-state index contributed by atoms with van der Waals surface area (Å²) >= 11 is 0. The summed E-state index contributed by atoms with van der Waals surface area (Å²) in [5.74, 6) is 2.24. The molecule has 0 bridgehead atoms. The fourth-order valence-electron chi connectivity index (χ4n) is 2.93. The summed E-state index contributed by atoms with van der Waals surface area (Å²) in [5, 5.41) is 9.26. The SMILES string of the molecule is CCC(C)(C#N)C1CC(C)CC(C)C1. The number of rotatable bonds is 2. The number of nitriles is 1. The van der Waals surface area contributed by atoms with Crippen LogP contribution in [0.1, 0.15) is 53.4 Å². The van der Waals surface area contributed by atoms with Crippen LogP contribution in [-0.4, -0.2) is 0 Å². The van der Waals surface area contributed by atoms with E-state index in [-0.39, 0.29) is 5.41 Å². The first-order valence-corrected chi connectivity index (χ1v) is 5.93. The van der Waals surface area contributed by atoms with Crippen LogP contribution in [0.5, 0.6) is 0 Å². The van der Waals surface area contributed by atoms with Gasteiger partial charge in [0.05, 0.1) is 11.5 Å². The molecule has 0 radical (unpaired) electrons. The normalized spacial score (nSPS) is 37.2. The third-order valence-corrected chi connectivity index (χ3v) is 4.07. The maximum atomic E-state index is 9.26. The van der Waals surface area contributed by atoms with E-state index < -0.39 is 0 Å². The Morgan fingerprint density at radius 3 is 2.07 bits per heavy atom. The summed E-state index contributed by atoms with van der Waals surface area (Å²) < 4.78 is 0. The Kier molecular flexibility index (Phi) is 3.59. The van der Waals surface area contributed by atoms with Gasteiger partial charge in [0.2, 0.25) is 0 Å². The van der Waals surface area contributed by atoms with Crippen LogP contribution in [-0.2, 0) is 0 Å². The Hall–Kier alpha value is -0.510. The molecule has 1 saturated carbocycles. The summed E-state index contributed by atoms with van der Waals surface area (Å²) in [7, 11) is 0. The van der Waals surface area contributed by atoms with Gasteiger partial charge in [0.1, 0.15) is 0 Å². The van der Waals surface area contributed by atoms with Gasteiger partial charge < -0.3 is 0 Å². The summed E-state index contributed by atoms with van der Waals surface area (Å²) in [4.78, 5) is 0. The molecule has 0 saturated heterocycles. The van der Waals surface area contributed by atoms with Crippen molar-refractivity contribution in [3.63, 3.8) is 0 Å². The molecule has 14 heavy (non-hydrogen) atoms. The molecule has 0 aromatic rings. The third kappa shape index (κ3) is 2.29. The average molecular weight is 193 g/mol. The van der Waals surface area contributed by atoms with Crippen LogP contribution in [0.25, 0.3) is 0 Å². The van der Waals surface area contributed by atoms with Gasteiger partial charge in [-0.15, -0.1) is 0 Å².